The Morgan fingerprint density at radius 1 is 0.975 bits per heavy atom. The van der Waals surface area contributed by atoms with Crippen molar-refractivity contribution < 1.29 is 27.6 Å². The summed E-state index contributed by atoms with van der Waals surface area (Å²) in [6.45, 7) is 11.8. The van der Waals surface area contributed by atoms with Gasteiger partial charge >= 0.3 is 6.18 Å². The fraction of sp³-hybridized carbons (Fsp3) is 0.483. The molecule has 0 heterocycles. The Kier molecular flexibility index (Phi) is 11.5. The van der Waals surface area contributed by atoms with Crippen LogP contribution in [0.5, 0.6) is 0 Å². The van der Waals surface area contributed by atoms with Crippen LogP contribution in [0.1, 0.15) is 66.7 Å². The summed E-state index contributed by atoms with van der Waals surface area (Å²) in [6.07, 6.45) is -3.96. The third kappa shape index (κ3) is 10.9. The fourth-order valence-electron chi connectivity index (χ4n) is 3.86. The van der Waals surface area contributed by atoms with E-state index >= 15 is 0 Å². The van der Waals surface area contributed by atoms with E-state index in [2.05, 4.69) is 32.7 Å². The van der Waals surface area contributed by atoms with Crippen LogP contribution in [0.4, 0.5) is 18.9 Å². The first-order chi connectivity index (χ1) is 18.6. The van der Waals surface area contributed by atoms with Crippen LogP contribution in [0.3, 0.4) is 0 Å². The lowest BCUT2D eigenvalue weighted by molar-refractivity contribution is -0.137. The second-order valence-electron chi connectivity index (χ2n) is 10.8. The maximum Gasteiger partial charge on any atom is 0.416 e. The van der Waals surface area contributed by atoms with Gasteiger partial charge in [0.05, 0.1) is 12.1 Å². The summed E-state index contributed by atoms with van der Waals surface area (Å²) in [5.41, 5.74) is 1.67. The SMILES string of the molecule is CCCNc1cc(C(=O)NCC(=O)NC(CNCc2ccc(C)cc2C)C(=O)NC(C)(C)C)cc(C(F)(F)F)c1. The molecule has 3 amide bonds. The molecule has 40 heavy (non-hydrogen) atoms. The van der Waals surface area contributed by atoms with E-state index in [-0.39, 0.29) is 17.8 Å². The first-order valence-corrected chi connectivity index (χ1v) is 13.2. The number of nitrogens with one attached hydrogen (secondary N) is 5. The molecule has 0 fully saturated rings. The van der Waals surface area contributed by atoms with E-state index in [0.717, 1.165) is 28.8 Å². The molecular weight excluding hydrogens is 523 g/mol. The second kappa shape index (κ2) is 14.2. The van der Waals surface area contributed by atoms with E-state index < -0.39 is 47.6 Å². The van der Waals surface area contributed by atoms with Gasteiger partial charge in [-0.1, -0.05) is 30.7 Å². The van der Waals surface area contributed by atoms with E-state index in [1.807, 2.05) is 53.7 Å². The number of rotatable bonds is 12. The average molecular weight is 564 g/mol. The molecule has 0 radical (unpaired) electrons. The Hall–Kier alpha value is -3.60. The minimum absolute atomic E-state index is 0.120. The first kappa shape index (κ1) is 32.6. The van der Waals surface area contributed by atoms with Gasteiger partial charge in [0.25, 0.3) is 5.91 Å². The number of benzene rings is 2. The normalized spacial score (nSPS) is 12.4. The number of hydrogen-bond acceptors (Lipinski definition) is 5. The van der Waals surface area contributed by atoms with Crippen molar-refractivity contribution in [3.8, 4) is 0 Å². The molecule has 1 atom stereocenters. The fourth-order valence-corrected chi connectivity index (χ4v) is 3.86. The molecular formula is C29H40F3N5O3. The number of carbonyl (C=O) groups is 3. The lowest BCUT2D eigenvalue weighted by Crippen LogP contribution is -2.56. The Morgan fingerprint density at radius 3 is 2.27 bits per heavy atom. The summed E-state index contributed by atoms with van der Waals surface area (Å²) in [4.78, 5) is 38.3. The molecule has 2 aromatic carbocycles. The van der Waals surface area contributed by atoms with Crippen molar-refractivity contribution in [3.63, 3.8) is 0 Å². The number of halogens is 3. The van der Waals surface area contributed by atoms with E-state index in [1.54, 1.807) is 0 Å². The summed E-state index contributed by atoms with van der Waals surface area (Å²) in [5.74, 6) is -1.92. The van der Waals surface area contributed by atoms with E-state index in [4.69, 9.17) is 0 Å². The summed E-state index contributed by atoms with van der Waals surface area (Å²) in [7, 11) is 0. The van der Waals surface area contributed by atoms with Gasteiger partial charge in [0, 0.05) is 36.4 Å². The molecule has 0 saturated carbocycles. The van der Waals surface area contributed by atoms with Gasteiger partial charge in [0.2, 0.25) is 11.8 Å². The highest BCUT2D eigenvalue weighted by atomic mass is 19.4. The molecule has 2 aromatic rings. The van der Waals surface area contributed by atoms with Gasteiger partial charge in [0.1, 0.15) is 6.04 Å². The van der Waals surface area contributed by atoms with Gasteiger partial charge in [-0.2, -0.15) is 13.2 Å². The molecule has 0 aromatic heterocycles. The predicted molar refractivity (Wildman–Crippen MR) is 150 cm³/mol. The van der Waals surface area contributed by atoms with Crippen LogP contribution in [-0.2, 0) is 22.3 Å². The monoisotopic (exact) mass is 563 g/mol. The lowest BCUT2D eigenvalue weighted by Gasteiger charge is -2.26. The summed E-state index contributed by atoms with van der Waals surface area (Å²) < 4.78 is 40.1. The zero-order chi connectivity index (χ0) is 30.1. The molecule has 0 aliphatic carbocycles. The number of aryl methyl sites for hydroxylation is 2. The molecule has 0 aliphatic heterocycles. The van der Waals surface area contributed by atoms with Crippen LogP contribution in [-0.4, -0.2) is 48.9 Å². The molecule has 0 spiro atoms. The minimum atomic E-state index is -4.64. The Bertz CT molecular complexity index is 1190. The molecule has 0 bridgehead atoms. The number of amides is 3. The van der Waals surface area contributed by atoms with E-state index in [1.165, 1.54) is 6.07 Å². The largest absolute Gasteiger partial charge is 0.416 e. The van der Waals surface area contributed by atoms with E-state index in [9.17, 15) is 27.6 Å². The zero-order valence-corrected chi connectivity index (χ0v) is 23.9. The van der Waals surface area contributed by atoms with Crippen molar-refractivity contribution in [3.05, 3.63) is 64.2 Å². The van der Waals surface area contributed by atoms with Gasteiger partial charge in [-0.3, -0.25) is 14.4 Å². The smallest absolute Gasteiger partial charge is 0.385 e. The molecule has 220 valence electrons. The highest BCUT2D eigenvalue weighted by Crippen LogP contribution is 2.32. The second-order valence-corrected chi connectivity index (χ2v) is 10.8. The van der Waals surface area contributed by atoms with Crippen molar-refractivity contribution in [1.82, 2.24) is 21.3 Å². The number of hydrogen-bond donors (Lipinski definition) is 5. The van der Waals surface area contributed by atoms with Crippen LogP contribution >= 0.6 is 0 Å². The number of alkyl halides is 3. The number of anilines is 1. The molecule has 1 unspecified atom stereocenters. The molecule has 8 nitrogen and oxygen atoms in total. The van der Waals surface area contributed by atoms with Gasteiger partial charge in [-0.15, -0.1) is 0 Å². The van der Waals surface area contributed by atoms with Gasteiger partial charge in [0.15, 0.2) is 0 Å². The highest BCUT2D eigenvalue weighted by Gasteiger charge is 2.32. The molecule has 2 rings (SSSR count). The quantitative estimate of drug-likeness (QED) is 0.268. The summed E-state index contributed by atoms with van der Waals surface area (Å²) >= 11 is 0. The molecule has 5 N–H and O–H groups in total. The Labute approximate surface area is 233 Å². The predicted octanol–water partition coefficient (Wildman–Crippen LogP) is 4.06. The van der Waals surface area contributed by atoms with Gasteiger partial charge in [-0.05, 0) is 70.4 Å². The van der Waals surface area contributed by atoms with Crippen molar-refractivity contribution in [2.24, 2.45) is 0 Å². The van der Waals surface area contributed by atoms with Crippen molar-refractivity contribution in [2.75, 3.05) is 25.0 Å². The Morgan fingerprint density at radius 2 is 1.68 bits per heavy atom. The van der Waals surface area contributed by atoms with Crippen LogP contribution in [0, 0.1) is 13.8 Å². The highest BCUT2D eigenvalue weighted by molar-refractivity contribution is 5.98. The van der Waals surface area contributed by atoms with Crippen LogP contribution < -0.4 is 26.6 Å². The van der Waals surface area contributed by atoms with Crippen LogP contribution in [0.2, 0.25) is 0 Å². The van der Waals surface area contributed by atoms with Gasteiger partial charge < -0.3 is 26.6 Å². The summed E-state index contributed by atoms with van der Waals surface area (Å²) in [5, 5.41) is 13.8. The standard InChI is InChI=1S/C29H40F3N5O3/c1-7-10-34-23-13-21(12-22(14-23)29(30,31)32)26(39)35-17-25(38)36-24(27(40)37-28(4,5)6)16-33-15-20-9-8-18(2)11-19(20)3/h8-9,11-14,24,33-34H,7,10,15-17H2,1-6H3,(H,35,39)(H,36,38)(H,37,40). The van der Waals surface area contributed by atoms with Gasteiger partial charge in [-0.25, -0.2) is 0 Å². The third-order valence-corrected chi connectivity index (χ3v) is 5.82. The van der Waals surface area contributed by atoms with Crippen molar-refractivity contribution >= 4 is 23.4 Å². The lowest BCUT2D eigenvalue weighted by atomic mass is 10.1. The van der Waals surface area contributed by atoms with Crippen molar-refractivity contribution in [1.29, 1.82) is 0 Å². The third-order valence-electron chi connectivity index (χ3n) is 5.82. The average Bonchev–Trinajstić information content (AvgIpc) is 2.84. The maximum absolute atomic E-state index is 13.4. The van der Waals surface area contributed by atoms with Crippen molar-refractivity contribution in [2.45, 2.75) is 72.3 Å². The van der Waals surface area contributed by atoms with Crippen LogP contribution in [0.25, 0.3) is 0 Å². The summed E-state index contributed by atoms with van der Waals surface area (Å²) in [6, 6.07) is 8.06. The topological polar surface area (TPSA) is 111 Å². The molecule has 0 saturated heterocycles. The number of carbonyl (C=O) groups excluding carboxylic acids is 3. The maximum atomic E-state index is 13.4. The minimum Gasteiger partial charge on any atom is -0.385 e. The Balaban J connectivity index is 2.07. The van der Waals surface area contributed by atoms with E-state index in [0.29, 0.717) is 19.5 Å². The van der Waals surface area contributed by atoms with Crippen LogP contribution in [0.15, 0.2) is 36.4 Å². The molecule has 11 heteroatoms. The zero-order valence-electron chi connectivity index (χ0n) is 23.9. The molecule has 0 aliphatic rings. The first-order valence-electron chi connectivity index (χ1n) is 13.2.